The Bertz CT molecular complexity index is 285. The number of carbonyl (C=O) groups is 1. The number of hydrogen-bond donors (Lipinski definition) is 0. The summed E-state index contributed by atoms with van der Waals surface area (Å²) in [6.45, 7) is 9.15. The molecule has 1 amide bonds. The van der Waals surface area contributed by atoms with Crippen LogP contribution in [0.25, 0.3) is 0 Å². The van der Waals surface area contributed by atoms with Crippen molar-refractivity contribution in [3.63, 3.8) is 0 Å². The van der Waals surface area contributed by atoms with E-state index in [4.69, 9.17) is 4.74 Å². The van der Waals surface area contributed by atoms with Crippen LogP contribution < -0.4 is 4.90 Å². The van der Waals surface area contributed by atoms with Gasteiger partial charge in [0.1, 0.15) is 6.61 Å². The Hall–Kier alpha value is -1.51. The SMILES string of the molecule is CC.CC.O=C1OCCN1c1ccccc1. The summed E-state index contributed by atoms with van der Waals surface area (Å²) >= 11 is 0. The van der Waals surface area contributed by atoms with Crippen LogP contribution in [0.1, 0.15) is 27.7 Å². The van der Waals surface area contributed by atoms with Crippen molar-refractivity contribution in [2.24, 2.45) is 0 Å². The minimum atomic E-state index is -0.249. The van der Waals surface area contributed by atoms with Crippen LogP contribution in [0.2, 0.25) is 0 Å². The molecule has 0 unspecified atom stereocenters. The molecule has 3 heteroatoms. The lowest BCUT2D eigenvalue weighted by molar-refractivity contribution is 0.181. The number of anilines is 1. The molecule has 0 atom stereocenters. The molecule has 0 aliphatic carbocycles. The molecule has 1 aliphatic rings. The van der Waals surface area contributed by atoms with Crippen LogP contribution in [0.5, 0.6) is 0 Å². The average molecular weight is 223 g/mol. The Labute approximate surface area is 98.0 Å². The molecule has 0 saturated carbocycles. The van der Waals surface area contributed by atoms with Gasteiger partial charge in [0.25, 0.3) is 0 Å². The maximum absolute atomic E-state index is 11.1. The van der Waals surface area contributed by atoms with Gasteiger partial charge < -0.3 is 4.74 Å². The van der Waals surface area contributed by atoms with E-state index in [1.165, 1.54) is 0 Å². The molecule has 2 rings (SSSR count). The fraction of sp³-hybridized carbons (Fsp3) is 0.462. The van der Waals surface area contributed by atoms with Gasteiger partial charge in [0, 0.05) is 5.69 Å². The molecule has 1 aliphatic heterocycles. The Balaban J connectivity index is 0.000000509. The Morgan fingerprint density at radius 3 is 2.06 bits per heavy atom. The maximum atomic E-state index is 11.1. The van der Waals surface area contributed by atoms with Gasteiger partial charge in [0.15, 0.2) is 0 Å². The summed E-state index contributed by atoms with van der Waals surface area (Å²) in [6.07, 6.45) is -0.249. The average Bonchev–Trinajstić information content (AvgIpc) is 2.82. The molecule has 1 saturated heterocycles. The number of cyclic esters (lactones) is 1. The molecule has 90 valence electrons. The van der Waals surface area contributed by atoms with Crippen LogP contribution in [0, 0.1) is 0 Å². The van der Waals surface area contributed by atoms with Crippen LogP contribution in [0.3, 0.4) is 0 Å². The zero-order chi connectivity index (χ0) is 12.4. The molecule has 1 aromatic carbocycles. The van der Waals surface area contributed by atoms with E-state index in [-0.39, 0.29) is 6.09 Å². The largest absolute Gasteiger partial charge is 0.447 e. The summed E-state index contributed by atoms with van der Waals surface area (Å²) < 4.78 is 4.81. The van der Waals surface area contributed by atoms with Crippen molar-refractivity contribution < 1.29 is 9.53 Å². The molecule has 0 spiro atoms. The lowest BCUT2D eigenvalue weighted by Crippen LogP contribution is -2.22. The summed E-state index contributed by atoms with van der Waals surface area (Å²) in [5, 5.41) is 0. The summed E-state index contributed by atoms with van der Waals surface area (Å²) in [5.41, 5.74) is 0.903. The summed E-state index contributed by atoms with van der Waals surface area (Å²) in [6, 6.07) is 9.52. The maximum Gasteiger partial charge on any atom is 0.414 e. The third-order valence-corrected chi connectivity index (χ3v) is 1.83. The number of nitrogens with zero attached hydrogens (tertiary/aromatic N) is 1. The van der Waals surface area contributed by atoms with Crippen LogP contribution in [0.4, 0.5) is 10.5 Å². The first-order valence-electron chi connectivity index (χ1n) is 5.87. The van der Waals surface area contributed by atoms with E-state index in [0.717, 1.165) is 5.69 Å². The minimum Gasteiger partial charge on any atom is -0.447 e. The molecule has 3 nitrogen and oxygen atoms in total. The lowest BCUT2D eigenvalue weighted by Gasteiger charge is -2.11. The fourth-order valence-electron chi connectivity index (χ4n) is 1.24. The van der Waals surface area contributed by atoms with Gasteiger partial charge in [-0.3, -0.25) is 4.90 Å². The first-order valence-corrected chi connectivity index (χ1v) is 5.87. The zero-order valence-corrected chi connectivity index (χ0v) is 10.6. The van der Waals surface area contributed by atoms with Crippen molar-refractivity contribution in [3.05, 3.63) is 30.3 Å². The van der Waals surface area contributed by atoms with Crippen LogP contribution in [-0.4, -0.2) is 19.2 Å². The third-order valence-electron chi connectivity index (χ3n) is 1.83. The second kappa shape index (κ2) is 8.77. The van der Waals surface area contributed by atoms with Gasteiger partial charge in [0.05, 0.1) is 6.54 Å². The second-order valence-electron chi connectivity index (χ2n) is 2.60. The molecular formula is C13H21NO2. The predicted molar refractivity (Wildman–Crippen MR) is 67.8 cm³/mol. The van der Waals surface area contributed by atoms with Crippen molar-refractivity contribution in [1.82, 2.24) is 0 Å². The molecule has 1 fully saturated rings. The van der Waals surface area contributed by atoms with E-state index in [1.807, 2.05) is 58.0 Å². The van der Waals surface area contributed by atoms with E-state index in [1.54, 1.807) is 4.90 Å². The molecule has 1 heterocycles. The van der Waals surface area contributed by atoms with Crippen LogP contribution in [-0.2, 0) is 4.74 Å². The van der Waals surface area contributed by atoms with Crippen molar-refractivity contribution in [1.29, 1.82) is 0 Å². The molecule has 0 radical (unpaired) electrons. The zero-order valence-electron chi connectivity index (χ0n) is 10.6. The highest BCUT2D eigenvalue weighted by atomic mass is 16.6. The van der Waals surface area contributed by atoms with Gasteiger partial charge >= 0.3 is 6.09 Å². The highest BCUT2D eigenvalue weighted by Gasteiger charge is 2.22. The monoisotopic (exact) mass is 223 g/mol. The van der Waals surface area contributed by atoms with Gasteiger partial charge in [-0.1, -0.05) is 45.9 Å². The van der Waals surface area contributed by atoms with Crippen LogP contribution >= 0.6 is 0 Å². The molecule has 1 aromatic rings. The number of ether oxygens (including phenoxy) is 1. The Morgan fingerprint density at radius 2 is 1.62 bits per heavy atom. The van der Waals surface area contributed by atoms with Crippen LogP contribution in [0.15, 0.2) is 30.3 Å². The molecule has 0 N–H and O–H groups in total. The number of hydrogen-bond acceptors (Lipinski definition) is 2. The van der Waals surface area contributed by atoms with Gasteiger partial charge in [0.2, 0.25) is 0 Å². The van der Waals surface area contributed by atoms with E-state index >= 15 is 0 Å². The van der Waals surface area contributed by atoms with Gasteiger partial charge in [-0.05, 0) is 12.1 Å². The topological polar surface area (TPSA) is 29.5 Å². The number of amides is 1. The summed E-state index contributed by atoms with van der Waals surface area (Å²) in [4.78, 5) is 12.7. The molecule has 0 bridgehead atoms. The highest BCUT2D eigenvalue weighted by molar-refractivity contribution is 5.89. The first kappa shape index (κ1) is 14.5. The van der Waals surface area contributed by atoms with E-state index in [2.05, 4.69) is 0 Å². The standard InChI is InChI=1S/C9H9NO2.2C2H6/c11-9-10(6-7-12-9)8-4-2-1-3-5-8;2*1-2/h1-5H,6-7H2;2*1-2H3. The number of para-hydroxylation sites is 1. The number of rotatable bonds is 1. The third kappa shape index (κ3) is 3.93. The van der Waals surface area contributed by atoms with Crippen molar-refractivity contribution in [3.8, 4) is 0 Å². The van der Waals surface area contributed by atoms with Gasteiger partial charge in [-0.15, -0.1) is 0 Å². The van der Waals surface area contributed by atoms with E-state index in [9.17, 15) is 4.79 Å². The smallest absolute Gasteiger partial charge is 0.414 e. The minimum absolute atomic E-state index is 0.249. The van der Waals surface area contributed by atoms with Crippen molar-refractivity contribution >= 4 is 11.8 Å². The second-order valence-corrected chi connectivity index (χ2v) is 2.60. The highest BCUT2D eigenvalue weighted by Crippen LogP contribution is 2.16. The normalized spacial score (nSPS) is 13.0. The van der Waals surface area contributed by atoms with Crippen molar-refractivity contribution in [2.45, 2.75) is 27.7 Å². The predicted octanol–water partition coefficient (Wildman–Crippen LogP) is 3.70. The Kier molecular flexibility index (Phi) is 7.94. The van der Waals surface area contributed by atoms with E-state index < -0.39 is 0 Å². The molecular weight excluding hydrogens is 202 g/mol. The lowest BCUT2D eigenvalue weighted by atomic mass is 10.3. The first-order chi connectivity index (χ1) is 7.88. The number of benzene rings is 1. The van der Waals surface area contributed by atoms with E-state index in [0.29, 0.717) is 13.2 Å². The molecule has 0 aromatic heterocycles. The molecule has 16 heavy (non-hydrogen) atoms. The summed E-state index contributed by atoms with van der Waals surface area (Å²) in [7, 11) is 0. The quantitative estimate of drug-likeness (QED) is 0.726. The Morgan fingerprint density at radius 1 is 1.06 bits per heavy atom. The fourth-order valence-corrected chi connectivity index (χ4v) is 1.24. The summed E-state index contributed by atoms with van der Waals surface area (Å²) in [5.74, 6) is 0. The number of carbonyl (C=O) groups excluding carboxylic acids is 1. The van der Waals surface area contributed by atoms with Crippen molar-refractivity contribution in [2.75, 3.05) is 18.1 Å². The van der Waals surface area contributed by atoms with Gasteiger partial charge in [-0.2, -0.15) is 0 Å². The van der Waals surface area contributed by atoms with Gasteiger partial charge in [-0.25, -0.2) is 4.79 Å².